The normalized spacial score (nSPS) is 20.3. The monoisotopic (exact) mass is 977 g/mol. The quantitative estimate of drug-likeness (QED) is 0.0748. The first-order chi connectivity index (χ1) is 32.7. The molecular weight excluding hydrogens is 922 g/mol. The Morgan fingerprint density at radius 2 is 1.76 bits per heavy atom. The summed E-state index contributed by atoms with van der Waals surface area (Å²) in [6.07, 6.45) is 1.12. The maximum absolute atomic E-state index is 14.2. The third kappa shape index (κ3) is 9.90. The van der Waals surface area contributed by atoms with Crippen LogP contribution in [0.2, 0.25) is 5.02 Å². The van der Waals surface area contributed by atoms with Crippen molar-refractivity contribution in [2.24, 2.45) is 10.9 Å². The molecule has 356 valence electrons. The van der Waals surface area contributed by atoms with Gasteiger partial charge in [-0.2, -0.15) is 0 Å². The summed E-state index contributed by atoms with van der Waals surface area (Å²) < 4.78 is 19.7. The fraction of sp³-hybridized carbons (Fsp3) is 0.420. The number of benzene rings is 2. The Balaban J connectivity index is 0.744. The van der Waals surface area contributed by atoms with Crippen LogP contribution in [0.3, 0.4) is 0 Å². The van der Waals surface area contributed by atoms with Crippen molar-refractivity contribution >= 4 is 51.8 Å². The number of hydrogen-bond acceptors (Lipinski definition) is 14. The second-order valence-electron chi connectivity index (χ2n) is 18.2. The molecule has 1 saturated carbocycles. The molecule has 3 aliphatic rings. The second-order valence-corrected chi connectivity index (χ2v) is 20.7. The number of hydrogen-bond donors (Lipinski definition) is 3. The van der Waals surface area contributed by atoms with Gasteiger partial charge in [-0.3, -0.25) is 19.1 Å². The van der Waals surface area contributed by atoms with Crippen LogP contribution >= 0.6 is 34.3 Å². The Labute approximate surface area is 408 Å². The number of aliphatic imine (C=N–C) groups is 1. The van der Waals surface area contributed by atoms with Gasteiger partial charge in [-0.15, -0.1) is 32.9 Å². The van der Waals surface area contributed by atoms with Gasteiger partial charge in [0.25, 0.3) is 5.88 Å². The van der Waals surface area contributed by atoms with Crippen molar-refractivity contribution in [2.75, 3.05) is 19.8 Å². The lowest BCUT2D eigenvalue weighted by atomic mass is 9.89. The number of β-amino-alcohol motifs (C(OH)–C–C–N with tert-alkyl or cyclic N) is 1. The first-order valence-electron chi connectivity index (χ1n) is 23.0. The van der Waals surface area contributed by atoms with Crippen LogP contribution in [0, 0.1) is 33.6 Å². The number of aryl methyl sites for hydroxylation is 3. The highest BCUT2D eigenvalue weighted by Gasteiger charge is 2.42. The summed E-state index contributed by atoms with van der Waals surface area (Å²) >= 11 is 9.56. The van der Waals surface area contributed by atoms with Crippen LogP contribution in [-0.4, -0.2) is 96.5 Å². The average molecular weight is 979 g/mol. The average Bonchev–Trinajstić information content (AvgIpc) is 4.14. The van der Waals surface area contributed by atoms with Crippen LogP contribution in [0.15, 0.2) is 81.9 Å². The summed E-state index contributed by atoms with van der Waals surface area (Å²) in [4.78, 5) is 41.4. The Bertz CT molecular complexity index is 2830. The van der Waals surface area contributed by atoms with E-state index < -0.39 is 24.1 Å². The van der Waals surface area contributed by atoms with E-state index in [1.807, 2.05) is 62.0 Å². The largest absolute Gasteiger partial charge is 0.473 e. The molecule has 3 N–H and O–H groups in total. The summed E-state index contributed by atoms with van der Waals surface area (Å²) in [7, 11) is 0. The molecule has 9 rings (SSSR count). The molecule has 4 atom stereocenters. The number of aromatic nitrogens is 5. The predicted molar refractivity (Wildman–Crippen MR) is 263 cm³/mol. The number of thiophene rings is 1. The SMILES string of the molecule is C=C(NCc1ccc(-c2scnc2C)cc1)[C@@H]1C[C@@H](O)CN1C(=O)[C@@H](c1cc(OCCOC2CC(NC(=O)C[C@@H]3N=C(c4ccc(Cl)cc4)c4c(sc(C)c4C)-n4c(C)nnc43)C2)no1)C(C)C. The lowest BCUT2D eigenvalue weighted by molar-refractivity contribution is -0.135. The van der Waals surface area contributed by atoms with Crippen molar-refractivity contribution in [3.63, 3.8) is 0 Å². The first kappa shape index (κ1) is 47.4. The Morgan fingerprint density at radius 3 is 2.49 bits per heavy atom. The minimum absolute atomic E-state index is 0.0329. The maximum Gasteiger partial charge on any atom is 0.254 e. The molecule has 15 nitrogen and oxygen atoms in total. The standard InChI is InChI=1S/C50H56ClN9O6S2/c1-26(2)44(49(63)59-24-37(61)20-40(59)28(4)52-23-32-8-10-34(11-9-32)47-29(5)53-25-67-47)41-22-43(58-66-41)65-17-16-64-38-18-36(19-38)54-42(62)21-39-48-57-56-31(7)60(48)50-45(27(3)30(6)68-50)46(55-39)33-12-14-35(51)15-13-33/h8-15,22,25-26,36-40,44,52,61H,4,16-21,23-24H2,1-3,5-7H3,(H,54,62)/t36?,37-,38?,39+,40+,44-/m1/s1. The van der Waals surface area contributed by atoms with Crippen molar-refractivity contribution in [3.8, 4) is 21.3 Å². The van der Waals surface area contributed by atoms with Crippen LogP contribution in [0.5, 0.6) is 5.88 Å². The van der Waals surface area contributed by atoms with Crippen LogP contribution in [0.1, 0.15) is 102 Å². The summed E-state index contributed by atoms with van der Waals surface area (Å²) in [5, 5.41) is 32.0. The highest BCUT2D eigenvalue weighted by Crippen LogP contribution is 2.40. The van der Waals surface area contributed by atoms with Gasteiger partial charge >= 0.3 is 0 Å². The number of carbonyl (C=O) groups is 2. The molecule has 0 radical (unpaired) electrons. The van der Waals surface area contributed by atoms with Gasteiger partial charge in [0.05, 0.1) is 53.1 Å². The van der Waals surface area contributed by atoms with Crippen molar-refractivity contribution in [1.82, 2.24) is 40.4 Å². The maximum atomic E-state index is 14.2. The number of rotatable bonds is 17. The minimum atomic E-state index is -0.679. The van der Waals surface area contributed by atoms with Crippen LogP contribution in [0.4, 0.5) is 0 Å². The predicted octanol–water partition coefficient (Wildman–Crippen LogP) is 8.36. The van der Waals surface area contributed by atoms with Gasteiger partial charge < -0.3 is 34.6 Å². The Hall–Kier alpha value is -5.72. The fourth-order valence-electron chi connectivity index (χ4n) is 9.25. The Kier molecular flexibility index (Phi) is 14.0. The van der Waals surface area contributed by atoms with Gasteiger partial charge in [-0.05, 0) is 80.4 Å². The molecule has 4 aromatic heterocycles. The molecular formula is C50H56ClN9O6S2. The summed E-state index contributed by atoms with van der Waals surface area (Å²) in [5.74, 6) is 0.957. The van der Waals surface area contributed by atoms with E-state index in [0.717, 1.165) is 54.9 Å². The third-order valence-electron chi connectivity index (χ3n) is 13.1. The van der Waals surface area contributed by atoms with Crippen molar-refractivity contribution in [1.29, 1.82) is 0 Å². The summed E-state index contributed by atoms with van der Waals surface area (Å²) in [6, 6.07) is 16.6. The molecule has 2 fully saturated rings. The highest BCUT2D eigenvalue weighted by atomic mass is 35.5. The van der Waals surface area contributed by atoms with Crippen molar-refractivity contribution in [3.05, 3.63) is 128 Å². The molecule has 0 unspecified atom stereocenters. The summed E-state index contributed by atoms with van der Waals surface area (Å²) in [5.41, 5.74) is 9.60. The number of aliphatic hydroxyl groups excluding tert-OH is 1. The first-order valence-corrected chi connectivity index (χ1v) is 25.1. The molecule has 1 aliphatic carbocycles. The van der Waals surface area contributed by atoms with E-state index in [1.54, 1.807) is 33.6 Å². The van der Waals surface area contributed by atoms with Crippen LogP contribution in [-0.2, 0) is 20.9 Å². The molecule has 0 spiro atoms. The van der Waals surface area contributed by atoms with Gasteiger partial charge in [0.15, 0.2) is 11.6 Å². The fourth-order valence-corrected chi connectivity index (χ4v) is 11.4. The van der Waals surface area contributed by atoms with Gasteiger partial charge in [0, 0.05) is 58.3 Å². The summed E-state index contributed by atoms with van der Waals surface area (Å²) in [6.45, 7) is 17.6. The number of ether oxygens (including phenoxy) is 2. The number of nitrogens with one attached hydrogen (secondary N) is 2. The molecule has 1 saturated heterocycles. The molecule has 0 bridgehead atoms. The van der Waals surface area contributed by atoms with E-state index in [2.05, 4.69) is 75.7 Å². The van der Waals surface area contributed by atoms with E-state index in [0.29, 0.717) is 54.7 Å². The van der Waals surface area contributed by atoms with E-state index in [9.17, 15) is 14.7 Å². The van der Waals surface area contributed by atoms with E-state index in [4.69, 9.17) is 30.6 Å². The molecule has 2 amide bonds. The van der Waals surface area contributed by atoms with Gasteiger partial charge in [-0.25, -0.2) is 4.98 Å². The van der Waals surface area contributed by atoms with Gasteiger partial charge in [0.2, 0.25) is 11.8 Å². The van der Waals surface area contributed by atoms with Gasteiger partial charge in [-0.1, -0.05) is 68.4 Å². The van der Waals surface area contributed by atoms with Crippen molar-refractivity contribution in [2.45, 2.75) is 110 Å². The van der Waals surface area contributed by atoms with Gasteiger partial charge in [0.1, 0.15) is 29.4 Å². The highest BCUT2D eigenvalue weighted by molar-refractivity contribution is 7.15. The zero-order chi connectivity index (χ0) is 47.8. The number of fused-ring (bicyclic) bond motifs is 3. The molecule has 6 aromatic rings. The molecule has 18 heteroatoms. The molecule has 2 aliphatic heterocycles. The van der Waals surface area contributed by atoms with E-state index in [-0.39, 0.29) is 55.3 Å². The number of nitrogens with zero attached hydrogens (tertiary/aromatic N) is 7. The lowest BCUT2D eigenvalue weighted by Crippen LogP contribution is -2.48. The number of carbonyl (C=O) groups excluding carboxylic acids is 2. The number of likely N-dealkylation sites (tertiary alicyclic amines) is 1. The minimum Gasteiger partial charge on any atom is -0.473 e. The molecule has 68 heavy (non-hydrogen) atoms. The third-order valence-corrected chi connectivity index (χ3v) is 15.5. The number of amides is 2. The zero-order valence-corrected chi connectivity index (χ0v) is 41.4. The molecule has 6 heterocycles. The van der Waals surface area contributed by atoms with E-state index >= 15 is 0 Å². The van der Waals surface area contributed by atoms with Crippen LogP contribution in [0.25, 0.3) is 15.4 Å². The zero-order valence-electron chi connectivity index (χ0n) is 39.0. The number of halogens is 1. The van der Waals surface area contributed by atoms with Crippen molar-refractivity contribution < 1.29 is 28.7 Å². The smallest absolute Gasteiger partial charge is 0.254 e. The lowest BCUT2D eigenvalue weighted by Gasteiger charge is -2.35. The number of aliphatic hydroxyl groups is 1. The Morgan fingerprint density at radius 1 is 1.01 bits per heavy atom. The molecule has 2 aromatic carbocycles. The second kappa shape index (κ2) is 20.1. The van der Waals surface area contributed by atoms with E-state index in [1.165, 1.54) is 4.88 Å². The topological polar surface area (TPSA) is 182 Å². The van der Waals surface area contributed by atoms with Crippen LogP contribution < -0.4 is 15.4 Å². The number of thiazole rings is 1.